The van der Waals surface area contributed by atoms with Crippen LogP contribution in [0.4, 0.5) is 0 Å². The maximum atomic E-state index is 11.3. The second-order valence-electron chi connectivity index (χ2n) is 3.35. The predicted octanol–water partition coefficient (Wildman–Crippen LogP) is 2.94. The quantitative estimate of drug-likeness (QED) is 0.775. The highest BCUT2D eigenvalue weighted by atomic mass is 35.5. The fourth-order valence-electron chi connectivity index (χ4n) is 1.82. The summed E-state index contributed by atoms with van der Waals surface area (Å²) in [5.74, 6) is 0. The van der Waals surface area contributed by atoms with Gasteiger partial charge in [0.25, 0.3) is 10.5 Å². The number of benzene rings is 1. The zero-order chi connectivity index (χ0) is 11.9. The van der Waals surface area contributed by atoms with Gasteiger partial charge in [0, 0.05) is 18.0 Å². The Hall–Kier alpha value is -1.32. The van der Waals surface area contributed by atoms with E-state index in [0.717, 1.165) is 5.52 Å². The van der Waals surface area contributed by atoms with Crippen molar-refractivity contribution in [1.82, 2.24) is 4.57 Å². The Balaban J connectivity index is 2.97. The van der Waals surface area contributed by atoms with Crippen molar-refractivity contribution in [1.29, 1.82) is 0 Å². The highest BCUT2D eigenvalue weighted by Crippen LogP contribution is 2.27. The normalized spacial score (nSPS) is 10.7. The Kier molecular flexibility index (Phi) is 2.74. The molecule has 0 spiro atoms. The molecule has 1 aromatic heterocycles. The molecule has 2 rings (SSSR count). The summed E-state index contributed by atoms with van der Waals surface area (Å²) < 4.78 is 1.57. The molecule has 0 bridgehead atoms. The molecule has 0 atom stereocenters. The molecule has 5 heteroatoms. The van der Waals surface area contributed by atoms with E-state index >= 15 is 0 Å². The van der Waals surface area contributed by atoms with Gasteiger partial charge in [0.15, 0.2) is 0 Å². The van der Waals surface area contributed by atoms with Crippen LogP contribution in [0.15, 0.2) is 24.3 Å². The maximum absolute atomic E-state index is 11.3. The van der Waals surface area contributed by atoms with Crippen LogP contribution in [-0.2, 0) is 7.05 Å². The number of halogens is 2. The van der Waals surface area contributed by atoms with Gasteiger partial charge < -0.3 is 4.57 Å². The number of carbonyl (C=O) groups excluding carboxylic acids is 2. The van der Waals surface area contributed by atoms with E-state index in [4.69, 9.17) is 23.2 Å². The minimum atomic E-state index is -0.692. The van der Waals surface area contributed by atoms with Gasteiger partial charge >= 0.3 is 0 Å². The summed E-state index contributed by atoms with van der Waals surface area (Å²) >= 11 is 10.9. The van der Waals surface area contributed by atoms with Gasteiger partial charge in [-0.1, -0.05) is 18.2 Å². The van der Waals surface area contributed by atoms with Crippen molar-refractivity contribution in [3.05, 3.63) is 35.5 Å². The number of para-hydroxylation sites is 1. The van der Waals surface area contributed by atoms with Crippen molar-refractivity contribution in [3.63, 3.8) is 0 Å². The number of aryl methyl sites for hydroxylation is 1. The minimum absolute atomic E-state index is 0.128. The molecule has 82 valence electrons. The van der Waals surface area contributed by atoms with E-state index in [9.17, 15) is 9.59 Å². The van der Waals surface area contributed by atoms with Gasteiger partial charge in [0.05, 0.1) is 5.56 Å². The Bertz CT molecular complexity index is 601. The average molecular weight is 256 g/mol. The third-order valence-corrected chi connectivity index (χ3v) is 2.86. The first kappa shape index (κ1) is 11.2. The van der Waals surface area contributed by atoms with Gasteiger partial charge in [0.2, 0.25) is 0 Å². The molecular formula is C11H7Cl2NO2. The van der Waals surface area contributed by atoms with Gasteiger partial charge in [-0.15, -0.1) is 0 Å². The molecule has 0 aliphatic carbocycles. The van der Waals surface area contributed by atoms with Crippen molar-refractivity contribution < 1.29 is 9.59 Å². The van der Waals surface area contributed by atoms with E-state index < -0.39 is 10.5 Å². The van der Waals surface area contributed by atoms with Crippen LogP contribution >= 0.6 is 23.2 Å². The van der Waals surface area contributed by atoms with Crippen molar-refractivity contribution in [3.8, 4) is 0 Å². The second kappa shape index (κ2) is 3.92. The highest BCUT2D eigenvalue weighted by molar-refractivity contribution is 6.72. The van der Waals surface area contributed by atoms with Crippen LogP contribution in [0.1, 0.15) is 20.8 Å². The zero-order valence-corrected chi connectivity index (χ0v) is 9.84. The van der Waals surface area contributed by atoms with Crippen molar-refractivity contribution >= 4 is 44.6 Å². The average Bonchev–Trinajstić information content (AvgIpc) is 2.53. The summed E-state index contributed by atoms with van der Waals surface area (Å²) in [5, 5.41) is -0.738. The lowest BCUT2D eigenvalue weighted by atomic mass is 10.1. The molecule has 0 unspecified atom stereocenters. The molecule has 0 radical (unpaired) electrons. The fraction of sp³-hybridized carbons (Fsp3) is 0.0909. The summed E-state index contributed by atoms with van der Waals surface area (Å²) in [7, 11) is 1.67. The van der Waals surface area contributed by atoms with Crippen LogP contribution in [0.2, 0.25) is 0 Å². The first-order chi connectivity index (χ1) is 7.54. The molecule has 1 heterocycles. The van der Waals surface area contributed by atoms with Crippen LogP contribution in [0.25, 0.3) is 10.9 Å². The summed E-state index contributed by atoms with van der Waals surface area (Å²) in [6, 6.07) is 7.11. The van der Waals surface area contributed by atoms with Crippen molar-refractivity contribution in [2.75, 3.05) is 0 Å². The highest BCUT2D eigenvalue weighted by Gasteiger charge is 2.23. The molecule has 0 aliphatic rings. The first-order valence-electron chi connectivity index (χ1n) is 4.51. The third kappa shape index (κ3) is 1.52. The number of rotatable bonds is 2. The van der Waals surface area contributed by atoms with E-state index in [1.165, 1.54) is 0 Å². The molecule has 1 aromatic carbocycles. The zero-order valence-electron chi connectivity index (χ0n) is 8.33. The molecule has 0 saturated heterocycles. The van der Waals surface area contributed by atoms with E-state index in [0.29, 0.717) is 5.39 Å². The third-order valence-electron chi connectivity index (χ3n) is 2.49. The summed E-state index contributed by atoms with van der Waals surface area (Å²) in [4.78, 5) is 22.6. The largest absolute Gasteiger partial charge is 0.339 e. The van der Waals surface area contributed by atoms with Crippen LogP contribution < -0.4 is 0 Å². The van der Waals surface area contributed by atoms with E-state index in [1.54, 1.807) is 29.8 Å². The topological polar surface area (TPSA) is 39.1 Å². The number of aromatic nitrogens is 1. The van der Waals surface area contributed by atoms with Gasteiger partial charge in [-0.25, -0.2) is 0 Å². The molecule has 16 heavy (non-hydrogen) atoms. The van der Waals surface area contributed by atoms with Gasteiger partial charge in [-0.2, -0.15) is 0 Å². The molecule has 0 fully saturated rings. The van der Waals surface area contributed by atoms with Crippen LogP contribution in [0.5, 0.6) is 0 Å². The number of carbonyl (C=O) groups is 2. The fourth-order valence-corrected chi connectivity index (χ4v) is 2.23. The van der Waals surface area contributed by atoms with Gasteiger partial charge in [-0.05, 0) is 29.3 Å². The standard InChI is InChI=1S/C11H7Cl2NO2/c1-14-7-5-3-2-4-6(7)8(10(12)15)9(14)11(13)16/h2-5H,1H3. The maximum Gasteiger partial charge on any atom is 0.269 e. The lowest BCUT2D eigenvalue weighted by Crippen LogP contribution is -2.04. The Morgan fingerprint density at radius 3 is 2.31 bits per heavy atom. The summed E-state index contributed by atoms with van der Waals surface area (Å²) in [6.45, 7) is 0. The second-order valence-corrected chi connectivity index (χ2v) is 4.03. The SMILES string of the molecule is Cn1c(C(=O)Cl)c(C(=O)Cl)c2ccccc21. The molecule has 0 N–H and O–H groups in total. The van der Waals surface area contributed by atoms with E-state index in [-0.39, 0.29) is 11.3 Å². The van der Waals surface area contributed by atoms with Crippen LogP contribution in [-0.4, -0.2) is 15.1 Å². The Morgan fingerprint density at radius 2 is 1.75 bits per heavy atom. The number of hydrogen-bond acceptors (Lipinski definition) is 2. The predicted molar refractivity (Wildman–Crippen MR) is 63.3 cm³/mol. The lowest BCUT2D eigenvalue weighted by Gasteiger charge is -1.98. The van der Waals surface area contributed by atoms with Gasteiger partial charge in [-0.3, -0.25) is 9.59 Å². The van der Waals surface area contributed by atoms with Crippen LogP contribution in [0.3, 0.4) is 0 Å². The Labute approximate surface area is 102 Å². The van der Waals surface area contributed by atoms with Crippen molar-refractivity contribution in [2.24, 2.45) is 7.05 Å². The van der Waals surface area contributed by atoms with Crippen LogP contribution in [0, 0.1) is 0 Å². The monoisotopic (exact) mass is 255 g/mol. The number of fused-ring (bicyclic) bond motifs is 1. The number of nitrogens with zero attached hydrogens (tertiary/aromatic N) is 1. The molecule has 2 aromatic rings. The van der Waals surface area contributed by atoms with E-state index in [1.807, 2.05) is 6.07 Å². The molecule has 0 saturated carbocycles. The molecule has 3 nitrogen and oxygen atoms in total. The first-order valence-corrected chi connectivity index (χ1v) is 5.26. The Morgan fingerprint density at radius 1 is 1.12 bits per heavy atom. The van der Waals surface area contributed by atoms with E-state index in [2.05, 4.69) is 0 Å². The minimum Gasteiger partial charge on any atom is -0.339 e. The summed E-state index contributed by atoms with van der Waals surface area (Å²) in [5.41, 5.74) is 1.04. The smallest absolute Gasteiger partial charge is 0.269 e. The number of hydrogen-bond donors (Lipinski definition) is 0. The summed E-state index contributed by atoms with van der Waals surface area (Å²) in [6.07, 6.45) is 0. The molecular weight excluding hydrogens is 249 g/mol. The molecule has 0 amide bonds. The van der Waals surface area contributed by atoms with Gasteiger partial charge in [0.1, 0.15) is 5.69 Å². The lowest BCUT2D eigenvalue weighted by molar-refractivity contribution is 0.104. The molecule has 0 aliphatic heterocycles. The van der Waals surface area contributed by atoms with Crippen molar-refractivity contribution in [2.45, 2.75) is 0 Å².